The summed E-state index contributed by atoms with van der Waals surface area (Å²) in [6.45, 7) is 10.4. The number of aliphatic hydroxyl groups excluding tert-OH is 1. The largest absolute Gasteiger partial charge is 0.396 e. The zero-order chi connectivity index (χ0) is 15.8. The molecule has 132 valence electrons. The molecule has 0 amide bonds. The van der Waals surface area contributed by atoms with Gasteiger partial charge in [0.2, 0.25) is 0 Å². The first kappa shape index (κ1) is 20.2. The Labute approximate surface area is 155 Å². The molecule has 1 aromatic heterocycles. The van der Waals surface area contributed by atoms with Crippen LogP contribution in [0.3, 0.4) is 0 Å². The Morgan fingerprint density at radius 3 is 2.74 bits per heavy atom. The lowest BCUT2D eigenvalue weighted by Crippen LogP contribution is -2.52. The van der Waals surface area contributed by atoms with Crippen LogP contribution in [-0.2, 0) is 6.54 Å². The highest BCUT2D eigenvalue weighted by molar-refractivity contribution is 14.0. The van der Waals surface area contributed by atoms with Crippen LogP contribution in [0.4, 0.5) is 0 Å². The first-order chi connectivity index (χ1) is 10.7. The Morgan fingerprint density at radius 2 is 2.17 bits per heavy atom. The van der Waals surface area contributed by atoms with Crippen LogP contribution in [0.15, 0.2) is 21.8 Å². The molecule has 2 heterocycles. The van der Waals surface area contributed by atoms with Gasteiger partial charge in [-0.25, -0.2) is 0 Å². The predicted octanol–water partition coefficient (Wildman–Crippen LogP) is 1.00. The molecule has 1 atom stereocenters. The minimum atomic E-state index is 0. The third-order valence-electron chi connectivity index (χ3n) is 3.75. The molecule has 1 unspecified atom stereocenters. The van der Waals surface area contributed by atoms with Gasteiger partial charge in [-0.15, -0.1) is 24.0 Å². The number of aromatic nitrogens is 1. The van der Waals surface area contributed by atoms with E-state index in [0.29, 0.717) is 6.54 Å². The molecule has 2 rings (SSSR count). The zero-order valence-electron chi connectivity index (χ0n) is 13.9. The number of guanidine groups is 1. The number of halogens is 1. The average Bonchev–Trinajstić information content (AvgIpc) is 3.05. The normalized spacial score (nSPS) is 17.7. The highest BCUT2D eigenvalue weighted by Crippen LogP contribution is 2.07. The Bertz CT molecular complexity index is 447. The molecule has 0 saturated carbocycles. The maximum absolute atomic E-state index is 9.12. The summed E-state index contributed by atoms with van der Waals surface area (Å²) in [5, 5.41) is 16.4. The highest BCUT2D eigenvalue weighted by atomic mass is 127. The maximum Gasteiger partial charge on any atom is 0.194 e. The van der Waals surface area contributed by atoms with Crippen molar-refractivity contribution < 1.29 is 9.63 Å². The van der Waals surface area contributed by atoms with Crippen molar-refractivity contribution in [3.8, 4) is 0 Å². The van der Waals surface area contributed by atoms with E-state index in [0.717, 1.165) is 50.9 Å². The summed E-state index contributed by atoms with van der Waals surface area (Å²) < 4.78 is 4.88. The molecule has 1 fully saturated rings. The lowest BCUT2D eigenvalue weighted by atomic mass is 10.2. The van der Waals surface area contributed by atoms with Crippen molar-refractivity contribution in [1.29, 1.82) is 0 Å². The van der Waals surface area contributed by atoms with E-state index in [1.165, 1.54) is 0 Å². The third kappa shape index (κ3) is 6.64. The fraction of sp³-hybridized carbons (Fsp3) is 0.733. The Balaban J connectivity index is 0.00000264. The SMILES string of the molecule is CCNC(=NCC(C)CO)N1CCN(Cc2ccon2)CC1.I. The summed E-state index contributed by atoms with van der Waals surface area (Å²) in [6.07, 6.45) is 1.61. The second-order valence-electron chi connectivity index (χ2n) is 5.74. The van der Waals surface area contributed by atoms with Crippen LogP contribution in [0.1, 0.15) is 19.5 Å². The monoisotopic (exact) mass is 437 g/mol. The first-order valence-corrected chi connectivity index (χ1v) is 7.98. The van der Waals surface area contributed by atoms with Gasteiger partial charge in [-0.2, -0.15) is 0 Å². The molecule has 1 saturated heterocycles. The molecule has 1 aromatic rings. The summed E-state index contributed by atoms with van der Waals surface area (Å²) in [4.78, 5) is 9.29. The lowest BCUT2D eigenvalue weighted by molar-refractivity contribution is 0.168. The van der Waals surface area contributed by atoms with E-state index in [-0.39, 0.29) is 36.5 Å². The summed E-state index contributed by atoms with van der Waals surface area (Å²) in [6, 6.07) is 1.91. The van der Waals surface area contributed by atoms with Gasteiger partial charge in [0.25, 0.3) is 0 Å². The fourth-order valence-electron chi connectivity index (χ4n) is 2.39. The molecular formula is C15H28IN5O2. The molecule has 0 aliphatic carbocycles. The molecule has 7 nitrogen and oxygen atoms in total. The predicted molar refractivity (Wildman–Crippen MR) is 101 cm³/mol. The fourth-order valence-corrected chi connectivity index (χ4v) is 2.39. The summed E-state index contributed by atoms with van der Waals surface area (Å²) in [5.41, 5.74) is 0.978. The van der Waals surface area contributed by atoms with Crippen LogP contribution < -0.4 is 5.32 Å². The van der Waals surface area contributed by atoms with Gasteiger partial charge in [-0.3, -0.25) is 9.89 Å². The van der Waals surface area contributed by atoms with E-state index < -0.39 is 0 Å². The number of aliphatic hydroxyl groups is 1. The molecule has 23 heavy (non-hydrogen) atoms. The molecule has 1 aliphatic heterocycles. The van der Waals surface area contributed by atoms with E-state index in [1.54, 1.807) is 6.26 Å². The van der Waals surface area contributed by atoms with Crippen molar-refractivity contribution in [1.82, 2.24) is 20.3 Å². The van der Waals surface area contributed by atoms with Gasteiger partial charge in [0.15, 0.2) is 5.96 Å². The number of hydrogen-bond acceptors (Lipinski definition) is 5. The van der Waals surface area contributed by atoms with Crippen LogP contribution in [0.5, 0.6) is 0 Å². The topological polar surface area (TPSA) is 77.1 Å². The summed E-state index contributed by atoms with van der Waals surface area (Å²) in [5.74, 6) is 1.14. The second kappa shape index (κ2) is 10.8. The van der Waals surface area contributed by atoms with Gasteiger partial charge in [0.1, 0.15) is 6.26 Å². The Kier molecular flexibility index (Phi) is 9.49. The minimum Gasteiger partial charge on any atom is -0.396 e. The van der Waals surface area contributed by atoms with Crippen LogP contribution in [0, 0.1) is 5.92 Å². The standard InChI is InChI=1S/C15H27N5O2.HI/c1-3-16-15(17-10-13(2)12-21)20-7-5-19(6-8-20)11-14-4-9-22-18-14;/h4,9,13,21H,3,5-8,10-12H2,1-2H3,(H,16,17);1H. The van der Waals surface area contributed by atoms with E-state index in [2.05, 4.69) is 32.2 Å². The van der Waals surface area contributed by atoms with Crippen molar-refractivity contribution in [2.24, 2.45) is 10.9 Å². The minimum absolute atomic E-state index is 0. The quantitative estimate of drug-likeness (QED) is 0.393. The Morgan fingerprint density at radius 1 is 1.43 bits per heavy atom. The van der Waals surface area contributed by atoms with E-state index in [1.807, 2.05) is 13.0 Å². The number of hydrogen-bond donors (Lipinski definition) is 2. The number of aliphatic imine (C=N–C) groups is 1. The van der Waals surface area contributed by atoms with Crippen LogP contribution in [0.25, 0.3) is 0 Å². The molecule has 0 spiro atoms. The molecular weight excluding hydrogens is 409 g/mol. The lowest BCUT2D eigenvalue weighted by Gasteiger charge is -2.36. The van der Waals surface area contributed by atoms with E-state index in [4.69, 9.17) is 9.63 Å². The zero-order valence-corrected chi connectivity index (χ0v) is 16.3. The third-order valence-corrected chi connectivity index (χ3v) is 3.75. The van der Waals surface area contributed by atoms with E-state index >= 15 is 0 Å². The average molecular weight is 437 g/mol. The van der Waals surface area contributed by atoms with Crippen LogP contribution in [-0.4, -0.2) is 71.9 Å². The molecule has 1 aliphatic rings. The first-order valence-electron chi connectivity index (χ1n) is 7.98. The molecule has 8 heteroatoms. The van der Waals surface area contributed by atoms with Gasteiger partial charge in [-0.1, -0.05) is 12.1 Å². The smallest absolute Gasteiger partial charge is 0.194 e. The molecule has 2 N–H and O–H groups in total. The molecule has 0 radical (unpaired) electrons. The van der Waals surface area contributed by atoms with E-state index in [9.17, 15) is 0 Å². The van der Waals surface area contributed by atoms with Crippen LogP contribution in [0.2, 0.25) is 0 Å². The maximum atomic E-state index is 9.12. The van der Waals surface area contributed by atoms with Gasteiger partial charge in [0, 0.05) is 58.5 Å². The van der Waals surface area contributed by atoms with Gasteiger partial charge >= 0.3 is 0 Å². The number of rotatable bonds is 6. The molecule has 0 aromatic carbocycles. The van der Waals surface area contributed by atoms with Crippen molar-refractivity contribution in [2.45, 2.75) is 20.4 Å². The van der Waals surface area contributed by atoms with Crippen molar-refractivity contribution in [3.05, 3.63) is 18.0 Å². The van der Waals surface area contributed by atoms with Crippen molar-refractivity contribution in [2.75, 3.05) is 45.9 Å². The number of piperazine rings is 1. The van der Waals surface area contributed by atoms with Gasteiger partial charge in [-0.05, 0) is 12.8 Å². The molecule has 0 bridgehead atoms. The number of nitrogens with one attached hydrogen (secondary N) is 1. The summed E-state index contributed by atoms with van der Waals surface area (Å²) >= 11 is 0. The number of nitrogens with zero attached hydrogens (tertiary/aromatic N) is 4. The van der Waals surface area contributed by atoms with Gasteiger partial charge < -0.3 is 19.8 Å². The highest BCUT2D eigenvalue weighted by Gasteiger charge is 2.20. The van der Waals surface area contributed by atoms with Gasteiger partial charge in [0.05, 0.1) is 5.69 Å². The van der Waals surface area contributed by atoms with Crippen molar-refractivity contribution >= 4 is 29.9 Å². The van der Waals surface area contributed by atoms with Crippen molar-refractivity contribution in [3.63, 3.8) is 0 Å². The summed E-state index contributed by atoms with van der Waals surface area (Å²) in [7, 11) is 0. The second-order valence-corrected chi connectivity index (χ2v) is 5.74. The Hall–Kier alpha value is -0.870. The van der Waals surface area contributed by atoms with Crippen LogP contribution >= 0.6 is 24.0 Å².